The predicted molar refractivity (Wildman–Crippen MR) is 68.7 cm³/mol. The zero-order valence-corrected chi connectivity index (χ0v) is 11.3. The van der Waals surface area contributed by atoms with Crippen LogP contribution in [0.4, 0.5) is 0 Å². The highest BCUT2D eigenvalue weighted by Gasteiger charge is 2.12. The van der Waals surface area contributed by atoms with Gasteiger partial charge in [0.1, 0.15) is 0 Å². The number of aryl methyl sites for hydroxylation is 2. The van der Waals surface area contributed by atoms with Crippen molar-refractivity contribution in [2.45, 2.75) is 26.4 Å². The molecule has 4 nitrogen and oxygen atoms in total. The first kappa shape index (κ1) is 14.2. The molecule has 2 N–H and O–H groups in total. The standard InChI is InChI=1S/C12H19NO3S/c1-4-9-5-11(17-8(9)2)12(15)13-6-10(14)7-16-3/h5,10,14H,4,6-7H2,1-3H3,(H,13,15). The van der Waals surface area contributed by atoms with Crippen molar-refractivity contribution < 1.29 is 14.6 Å². The van der Waals surface area contributed by atoms with Crippen LogP contribution in [0, 0.1) is 6.92 Å². The normalized spacial score (nSPS) is 12.5. The van der Waals surface area contributed by atoms with E-state index in [1.54, 1.807) is 0 Å². The average Bonchev–Trinajstić information content (AvgIpc) is 2.68. The largest absolute Gasteiger partial charge is 0.389 e. The Balaban J connectivity index is 2.52. The van der Waals surface area contributed by atoms with E-state index in [2.05, 4.69) is 12.2 Å². The van der Waals surface area contributed by atoms with Crippen molar-refractivity contribution >= 4 is 17.2 Å². The molecule has 0 saturated heterocycles. The highest BCUT2D eigenvalue weighted by atomic mass is 32.1. The van der Waals surface area contributed by atoms with E-state index in [1.807, 2.05) is 13.0 Å². The van der Waals surface area contributed by atoms with Crippen molar-refractivity contribution in [1.82, 2.24) is 5.32 Å². The second-order valence-electron chi connectivity index (χ2n) is 3.86. The Bertz CT molecular complexity index is 376. The minimum absolute atomic E-state index is 0.132. The van der Waals surface area contributed by atoms with Crippen LogP contribution in [0.5, 0.6) is 0 Å². The molecule has 0 bridgehead atoms. The van der Waals surface area contributed by atoms with E-state index in [9.17, 15) is 9.90 Å². The lowest BCUT2D eigenvalue weighted by Gasteiger charge is -2.09. The van der Waals surface area contributed by atoms with Crippen molar-refractivity contribution in [3.63, 3.8) is 0 Å². The summed E-state index contributed by atoms with van der Waals surface area (Å²) in [5.41, 5.74) is 1.21. The number of rotatable bonds is 6. The van der Waals surface area contributed by atoms with E-state index in [-0.39, 0.29) is 19.1 Å². The number of hydrogen-bond donors (Lipinski definition) is 2. The number of ether oxygens (including phenoxy) is 1. The van der Waals surface area contributed by atoms with Crippen LogP contribution in [0.15, 0.2) is 6.07 Å². The molecule has 1 atom stereocenters. The molecule has 5 heteroatoms. The molecule has 1 rings (SSSR count). The van der Waals surface area contributed by atoms with Crippen molar-refractivity contribution in [2.75, 3.05) is 20.3 Å². The highest BCUT2D eigenvalue weighted by molar-refractivity contribution is 7.14. The first-order valence-electron chi connectivity index (χ1n) is 5.63. The van der Waals surface area contributed by atoms with Gasteiger partial charge in [0.2, 0.25) is 0 Å². The van der Waals surface area contributed by atoms with Gasteiger partial charge >= 0.3 is 0 Å². The van der Waals surface area contributed by atoms with Crippen LogP contribution in [-0.2, 0) is 11.2 Å². The van der Waals surface area contributed by atoms with Crippen LogP contribution in [0.25, 0.3) is 0 Å². The van der Waals surface area contributed by atoms with Crippen molar-refractivity contribution in [3.05, 3.63) is 21.4 Å². The lowest BCUT2D eigenvalue weighted by molar-refractivity contribution is 0.0611. The Labute approximate surface area is 106 Å². The molecular weight excluding hydrogens is 238 g/mol. The lowest BCUT2D eigenvalue weighted by atomic mass is 10.2. The number of hydrogen-bond acceptors (Lipinski definition) is 4. The maximum Gasteiger partial charge on any atom is 0.261 e. The van der Waals surface area contributed by atoms with E-state index >= 15 is 0 Å². The summed E-state index contributed by atoms with van der Waals surface area (Å²) in [4.78, 5) is 13.7. The number of thiophene rings is 1. The molecule has 1 amide bonds. The van der Waals surface area contributed by atoms with Gasteiger partial charge in [0.25, 0.3) is 5.91 Å². The van der Waals surface area contributed by atoms with E-state index in [0.717, 1.165) is 6.42 Å². The van der Waals surface area contributed by atoms with Gasteiger partial charge in [-0.15, -0.1) is 11.3 Å². The molecule has 0 aliphatic heterocycles. The summed E-state index contributed by atoms with van der Waals surface area (Å²) < 4.78 is 4.78. The molecule has 0 radical (unpaired) electrons. The quantitative estimate of drug-likeness (QED) is 0.809. The second-order valence-corrected chi connectivity index (χ2v) is 5.12. The van der Waals surface area contributed by atoms with Gasteiger partial charge in [-0.25, -0.2) is 0 Å². The third-order valence-corrected chi connectivity index (χ3v) is 3.57. The minimum atomic E-state index is -0.657. The fourth-order valence-corrected chi connectivity index (χ4v) is 2.56. The number of nitrogens with one attached hydrogen (secondary N) is 1. The van der Waals surface area contributed by atoms with Crippen molar-refractivity contribution in [1.29, 1.82) is 0 Å². The summed E-state index contributed by atoms with van der Waals surface area (Å²) >= 11 is 1.49. The molecule has 0 aromatic carbocycles. The summed E-state index contributed by atoms with van der Waals surface area (Å²) in [5, 5.41) is 12.1. The maximum absolute atomic E-state index is 11.8. The summed E-state index contributed by atoms with van der Waals surface area (Å²) in [5.74, 6) is -0.132. The molecule has 17 heavy (non-hydrogen) atoms. The molecule has 0 saturated carbocycles. The Morgan fingerprint density at radius 2 is 2.35 bits per heavy atom. The van der Waals surface area contributed by atoms with Crippen LogP contribution in [0.1, 0.15) is 27.0 Å². The first-order chi connectivity index (χ1) is 8.08. The van der Waals surface area contributed by atoms with Gasteiger partial charge in [-0.2, -0.15) is 0 Å². The van der Waals surface area contributed by atoms with E-state index in [0.29, 0.717) is 4.88 Å². The van der Waals surface area contributed by atoms with Gasteiger partial charge < -0.3 is 15.2 Å². The fraction of sp³-hybridized carbons (Fsp3) is 0.583. The fourth-order valence-electron chi connectivity index (χ4n) is 1.53. The average molecular weight is 257 g/mol. The monoisotopic (exact) mass is 257 g/mol. The molecule has 1 aromatic rings. The number of methoxy groups -OCH3 is 1. The zero-order valence-electron chi connectivity index (χ0n) is 10.4. The molecule has 0 aliphatic rings. The van der Waals surface area contributed by atoms with Gasteiger partial charge in [0.15, 0.2) is 0 Å². The first-order valence-corrected chi connectivity index (χ1v) is 6.44. The van der Waals surface area contributed by atoms with Gasteiger partial charge in [0.05, 0.1) is 17.6 Å². The molecule has 0 aliphatic carbocycles. The molecule has 0 spiro atoms. The highest BCUT2D eigenvalue weighted by Crippen LogP contribution is 2.21. The topological polar surface area (TPSA) is 58.6 Å². The van der Waals surface area contributed by atoms with Gasteiger partial charge in [-0.05, 0) is 25.0 Å². The van der Waals surface area contributed by atoms with Crippen LogP contribution in [0.2, 0.25) is 0 Å². The minimum Gasteiger partial charge on any atom is -0.389 e. The lowest BCUT2D eigenvalue weighted by Crippen LogP contribution is -2.33. The van der Waals surface area contributed by atoms with Crippen LogP contribution in [-0.4, -0.2) is 37.4 Å². The third kappa shape index (κ3) is 4.11. The van der Waals surface area contributed by atoms with Gasteiger partial charge in [-0.1, -0.05) is 6.92 Å². The summed E-state index contributed by atoms with van der Waals surface area (Å²) in [6.45, 7) is 4.52. The van der Waals surface area contributed by atoms with Crippen molar-refractivity contribution in [3.8, 4) is 0 Å². The molecule has 1 unspecified atom stereocenters. The van der Waals surface area contributed by atoms with Crippen LogP contribution < -0.4 is 5.32 Å². The molecular formula is C12H19NO3S. The number of amides is 1. The smallest absolute Gasteiger partial charge is 0.261 e. The van der Waals surface area contributed by atoms with Gasteiger partial charge in [-0.3, -0.25) is 4.79 Å². The van der Waals surface area contributed by atoms with Crippen molar-refractivity contribution in [2.24, 2.45) is 0 Å². The molecule has 1 aromatic heterocycles. The zero-order chi connectivity index (χ0) is 12.8. The number of carbonyl (C=O) groups excluding carboxylic acids is 1. The van der Waals surface area contributed by atoms with E-state index in [4.69, 9.17) is 4.74 Å². The molecule has 0 fully saturated rings. The SMILES string of the molecule is CCc1cc(C(=O)NCC(O)COC)sc1C. The Morgan fingerprint density at radius 3 is 2.88 bits per heavy atom. The summed E-state index contributed by atoms with van der Waals surface area (Å²) in [6.07, 6.45) is 0.276. The third-order valence-electron chi connectivity index (χ3n) is 2.48. The Kier molecular flexibility index (Phi) is 5.61. The second kappa shape index (κ2) is 6.74. The molecule has 96 valence electrons. The Hall–Kier alpha value is -0.910. The maximum atomic E-state index is 11.8. The van der Waals surface area contributed by atoms with E-state index in [1.165, 1.54) is 28.9 Å². The van der Waals surface area contributed by atoms with Gasteiger partial charge in [0, 0.05) is 18.5 Å². The van der Waals surface area contributed by atoms with Crippen LogP contribution in [0.3, 0.4) is 0 Å². The predicted octanol–water partition coefficient (Wildman–Crippen LogP) is 1.36. The number of aliphatic hydroxyl groups is 1. The van der Waals surface area contributed by atoms with Crippen LogP contribution >= 0.6 is 11.3 Å². The molecule has 1 heterocycles. The van der Waals surface area contributed by atoms with E-state index < -0.39 is 6.10 Å². The summed E-state index contributed by atoms with van der Waals surface area (Å²) in [7, 11) is 1.52. The summed E-state index contributed by atoms with van der Waals surface area (Å²) in [6, 6.07) is 1.91. The number of aliphatic hydroxyl groups excluding tert-OH is 1. The Morgan fingerprint density at radius 1 is 1.65 bits per heavy atom. The number of carbonyl (C=O) groups is 1.